The van der Waals surface area contributed by atoms with Gasteiger partial charge in [-0.15, -0.1) is 0 Å². The van der Waals surface area contributed by atoms with Crippen LogP contribution in [0.15, 0.2) is 212 Å². The lowest BCUT2D eigenvalue weighted by Gasteiger charge is -2.42. The zero-order valence-electron chi connectivity index (χ0n) is 31.5. The van der Waals surface area contributed by atoms with Crippen molar-refractivity contribution >= 4 is 0 Å². The van der Waals surface area contributed by atoms with Crippen LogP contribution in [0.3, 0.4) is 0 Å². The molecule has 1 aromatic heterocycles. The van der Waals surface area contributed by atoms with Crippen molar-refractivity contribution in [2.45, 2.75) is 5.41 Å². The summed E-state index contributed by atoms with van der Waals surface area (Å²) in [6.07, 6.45) is 0. The first-order chi connectivity index (χ1) is 28.7. The first-order valence-corrected chi connectivity index (χ1v) is 19.4. The third kappa shape index (κ3) is 6.03. The molecule has 0 saturated heterocycles. The third-order valence-corrected chi connectivity index (χ3v) is 11.1. The van der Waals surface area contributed by atoms with Gasteiger partial charge >= 0.3 is 0 Å². The highest BCUT2D eigenvalue weighted by atomic mass is 16.5. The van der Waals surface area contributed by atoms with Crippen LogP contribution in [0, 0.1) is 11.3 Å². The molecular weight excluding hydrogens is 707 g/mol. The summed E-state index contributed by atoms with van der Waals surface area (Å²) in [7, 11) is 0. The molecule has 9 aromatic rings. The molecule has 4 nitrogen and oxygen atoms in total. The van der Waals surface area contributed by atoms with E-state index in [9.17, 15) is 5.26 Å². The first-order valence-electron chi connectivity index (χ1n) is 19.4. The number of hydrogen-bond acceptors (Lipinski definition) is 4. The van der Waals surface area contributed by atoms with E-state index in [-0.39, 0.29) is 0 Å². The van der Waals surface area contributed by atoms with Gasteiger partial charge in [-0.2, -0.15) is 5.26 Å². The second kappa shape index (κ2) is 14.7. The summed E-state index contributed by atoms with van der Waals surface area (Å²) in [6.45, 7) is 0. The fraction of sp³-hybridized carbons (Fsp3) is 0.0185. The summed E-state index contributed by atoms with van der Waals surface area (Å²) in [6, 6.07) is 75.5. The number of nitrogens with zero attached hydrogens (tertiary/aromatic N) is 3. The molecule has 10 rings (SSSR count). The van der Waals surface area contributed by atoms with E-state index < -0.39 is 5.41 Å². The van der Waals surface area contributed by atoms with Gasteiger partial charge in [-0.25, -0.2) is 9.97 Å². The smallest absolute Gasteiger partial charge is 0.160 e. The molecule has 0 spiro atoms. The maximum atomic E-state index is 9.40. The van der Waals surface area contributed by atoms with Crippen molar-refractivity contribution in [1.82, 2.24) is 9.97 Å². The average Bonchev–Trinajstić information content (AvgIpc) is 3.31. The van der Waals surface area contributed by atoms with E-state index in [0.717, 1.165) is 73.0 Å². The topological polar surface area (TPSA) is 58.8 Å². The van der Waals surface area contributed by atoms with E-state index in [4.69, 9.17) is 14.7 Å². The lowest BCUT2D eigenvalue weighted by molar-refractivity contribution is 0.436. The first kappa shape index (κ1) is 34.6. The molecule has 4 heteroatoms. The second-order valence-corrected chi connectivity index (χ2v) is 14.4. The van der Waals surface area contributed by atoms with Crippen LogP contribution in [0.5, 0.6) is 11.5 Å². The zero-order chi connectivity index (χ0) is 38.9. The average molecular weight is 742 g/mol. The van der Waals surface area contributed by atoms with E-state index in [1.54, 1.807) is 0 Å². The van der Waals surface area contributed by atoms with Gasteiger partial charge < -0.3 is 4.74 Å². The molecule has 0 radical (unpaired) electrons. The van der Waals surface area contributed by atoms with Crippen molar-refractivity contribution in [3.05, 3.63) is 240 Å². The van der Waals surface area contributed by atoms with Gasteiger partial charge in [0.25, 0.3) is 0 Å². The van der Waals surface area contributed by atoms with Crippen molar-refractivity contribution in [1.29, 1.82) is 5.26 Å². The molecule has 0 unspecified atom stereocenters. The predicted octanol–water partition coefficient (Wildman–Crippen LogP) is 13.2. The quantitative estimate of drug-likeness (QED) is 0.163. The summed E-state index contributed by atoms with van der Waals surface area (Å²) in [5.74, 6) is 2.32. The molecule has 58 heavy (non-hydrogen) atoms. The van der Waals surface area contributed by atoms with E-state index >= 15 is 0 Å². The lowest BCUT2D eigenvalue weighted by atomic mass is 9.63. The Hall–Kier alpha value is -7.87. The maximum absolute atomic E-state index is 9.40. The highest BCUT2D eigenvalue weighted by Crippen LogP contribution is 2.57. The van der Waals surface area contributed by atoms with Gasteiger partial charge in [-0.3, -0.25) is 0 Å². The van der Waals surface area contributed by atoms with Gasteiger partial charge in [-0.05, 0) is 64.2 Å². The summed E-state index contributed by atoms with van der Waals surface area (Å²) in [4.78, 5) is 10.2. The SMILES string of the molecule is N#Cc1ccc(-c2cc(-c3ccccc3)nc(-c3cccc(-c4cccc(-c5cccc6c5Oc5ccccc5C6(c5ccccc5)c5ccccc5)c4)c3)n2)cc1. The fourth-order valence-corrected chi connectivity index (χ4v) is 8.36. The Morgan fingerprint density at radius 1 is 0.414 bits per heavy atom. The molecule has 0 aliphatic carbocycles. The van der Waals surface area contributed by atoms with Crippen LogP contribution < -0.4 is 4.74 Å². The summed E-state index contributed by atoms with van der Waals surface area (Å²) in [5.41, 5.74) is 13.2. The minimum absolute atomic E-state index is 0.598. The predicted molar refractivity (Wildman–Crippen MR) is 232 cm³/mol. The van der Waals surface area contributed by atoms with Crippen molar-refractivity contribution in [3.8, 4) is 73.7 Å². The number of fused-ring (bicyclic) bond motifs is 2. The van der Waals surface area contributed by atoms with Crippen LogP contribution in [0.1, 0.15) is 27.8 Å². The minimum atomic E-state index is -0.598. The van der Waals surface area contributed by atoms with Gasteiger partial charge in [0.05, 0.1) is 28.4 Å². The normalized spacial score (nSPS) is 12.4. The number of para-hydroxylation sites is 2. The van der Waals surface area contributed by atoms with Crippen LogP contribution in [0.4, 0.5) is 0 Å². The Bertz CT molecular complexity index is 2930. The zero-order valence-corrected chi connectivity index (χ0v) is 31.5. The van der Waals surface area contributed by atoms with Crippen LogP contribution in [-0.2, 0) is 5.41 Å². The monoisotopic (exact) mass is 741 g/mol. The fourth-order valence-electron chi connectivity index (χ4n) is 8.36. The molecular formula is C54H35N3O. The largest absolute Gasteiger partial charge is 0.456 e. The number of rotatable bonds is 7. The van der Waals surface area contributed by atoms with E-state index in [2.05, 4.69) is 164 Å². The molecule has 0 fully saturated rings. The molecule has 0 saturated carbocycles. The van der Waals surface area contributed by atoms with Crippen molar-refractivity contribution in [2.75, 3.05) is 0 Å². The van der Waals surface area contributed by atoms with E-state index in [1.165, 1.54) is 11.1 Å². The molecule has 0 bridgehead atoms. The highest BCUT2D eigenvalue weighted by Gasteiger charge is 2.45. The number of ether oxygens (including phenoxy) is 1. The molecule has 272 valence electrons. The van der Waals surface area contributed by atoms with Crippen LogP contribution in [-0.4, -0.2) is 9.97 Å². The van der Waals surface area contributed by atoms with Gasteiger partial charge in [-0.1, -0.05) is 176 Å². The number of hydrogen-bond donors (Lipinski definition) is 0. The molecule has 1 aliphatic rings. The standard InChI is InChI=1S/C54H35N3O/c55-36-37-29-31-39(32-30-37)50-35-49(38-15-4-1-5-16-38)56-53(57-50)43-20-13-18-41(34-43)40-17-12-19-42(33-40)46-25-14-27-48-52(46)58-51-28-11-10-26-47(51)54(48,44-21-6-2-7-22-44)45-23-8-3-9-24-45/h1-35H. The molecule has 0 N–H and O–H groups in total. The van der Waals surface area contributed by atoms with Crippen molar-refractivity contribution in [2.24, 2.45) is 0 Å². The molecule has 0 amide bonds. The van der Waals surface area contributed by atoms with Crippen LogP contribution in [0.2, 0.25) is 0 Å². The van der Waals surface area contributed by atoms with Crippen molar-refractivity contribution < 1.29 is 4.74 Å². The van der Waals surface area contributed by atoms with E-state index in [0.29, 0.717) is 11.4 Å². The molecule has 1 aliphatic heterocycles. The highest BCUT2D eigenvalue weighted by molar-refractivity contribution is 5.83. The molecule has 0 atom stereocenters. The Labute approximate surface area is 338 Å². The molecule has 8 aromatic carbocycles. The third-order valence-electron chi connectivity index (χ3n) is 11.1. The van der Waals surface area contributed by atoms with Crippen LogP contribution >= 0.6 is 0 Å². The Kier molecular flexibility index (Phi) is 8.74. The number of aromatic nitrogens is 2. The Morgan fingerprint density at radius 3 is 1.57 bits per heavy atom. The van der Waals surface area contributed by atoms with Gasteiger partial charge in [0, 0.05) is 33.4 Å². The van der Waals surface area contributed by atoms with Crippen LogP contribution in [0.25, 0.3) is 56.2 Å². The Morgan fingerprint density at radius 2 is 0.914 bits per heavy atom. The maximum Gasteiger partial charge on any atom is 0.160 e. The van der Waals surface area contributed by atoms with Gasteiger partial charge in [0.2, 0.25) is 0 Å². The lowest BCUT2D eigenvalue weighted by Crippen LogP contribution is -2.34. The molecule has 2 heterocycles. The second-order valence-electron chi connectivity index (χ2n) is 14.4. The summed E-state index contributed by atoms with van der Waals surface area (Å²) < 4.78 is 6.96. The summed E-state index contributed by atoms with van der Waals surface area (Å²) >= 11 is 0. The number of benzene rings is 8. The van der Waals surface area contributed by atoms with Gasteiger partial charge in [0.15, 0.2) is 5.82 Å². The van der Waals surface area contributed by atoms with E-state index in [1.807, 2.05) is 54.6 Å². The van der Waals surface area contributed by atoms with Gasteiger partial charge in [0.1, 0.15) is 11.5 Å². The summed E-state index contributed by atoms with van der Waals surface area (Å²) in [5, 5.41) is 9.40. The Balaban J connectivity index is 1.09. The minimum Gasteiger partial charge on any atom is -0.456 e. The van der Waals surface area contributed by atoms with Crippen molar-refractivity contribution in [3.63, 3.8) is 0 Å². The number of nitriles is 1.